The molecule has 0 fully saturated rings. The maximum absolute atomic E-state index is 11.5. The van der Waals surface area contributed by atoms with Gasteiger partial charge in [-0.05, 0) is 12.0 Å². The monoisotopic (exact) mass is 338 g/mol. The van der Waals surface area contributed by atoms with E-state index in [-0.39, 0.29) is 25.6 Å². The number of carbonyl (C=O) groups excluding carboxylic acids is 1. The van der Waals surface area contributed by atoms with Crippen molar-refractivity contribution in [2.75, 3.05) is 20.5 Å². The fraction of sp³-hybridized carbons (Fsp3) is 0.400. The van der Waals surface area contributed by atoms with E-state index in [1.54, 1.807) is 0 Å². The third-order valence-corrected chi connectivity index (χ3v) is 3.34. The minimum absolute atomic E-state index is 0.0687. The highest BCUT2D eigenvalue weighted by molar-refractivity contribution is 5.70. The Morgan fingerprint density at radius 3 is 2.75 bits per heavy atom. The van der Waals surface area contributed by atoms with Gasteiger partial charge in [0.2, 0.25) is 12.6 Å². The predicted octanol–water partition coefficient (Wildman–Crippen LogP) is 0.783. The van der Waals surface area contributed by atoms with Gasteiger partial charge in [-0.25, -0.2) is 4.79 Å². The van der Waals surface area contributed by atoms with Crippen LogP contribution >= 0.6 is 0 Å². The summed E-state index contributed by atoms with van der Waals surface area (Å²) in [6.07, 6.45) is 1.50. The van der Waals surface area contributed by atoms with E-state index in [1.807, 2.05) is 30.3 Å². The van der Waals surface area contributed by atoms with Gasteiger partial charge in [-0.3, -0.25) is 15.0 Å². The van der Waals surface area contributed by atoms with Gasteiger partial charge in [0, 0.05) is 4.92 Å². The molecule has 2 rings (SSSR count). The molecule has 1 aliphatic rings. The van der Waals surface area contributed by atoms with Gasteiger partial charge in [-0.2, -0.15) is 5.48 Å². The van der Waals surface area contributed by atoms with Crippen LogP contribution < -0.4 is 5.48 Å². The average Bonchev–Trinajstić information content (AvgIpc) is 3.09. The zero-order chi connectivity index (χ0) is 17.4. The minimum atomic E-state index is -1.23. The number of carbonyl (C=O) groups is 1. The zero-order valence-corrected chi connectivity index (χ0v) is 13.0. The van der Waals surface area contributed by atoms with Crippen LogP contribution in [0.2, 0.25) is 0 Å². The molecular weight excluding hydrogens is 320 g/mol. The third-order valence-electron chi connectivity index (χ3n) is 3.34. The molecule has 0 bridgehead atoms. The van der Waals surface area contributed by atoms with Gasteiger partial charge in [0.15, 0.2) is 6.61 Å². The van der Waals surface area contributed by atoms with E-state index in [0.717, 1.165) is 5.56 Å². The lowest BCUT2D eigenvalue weighted by atomic mass is 9.99. The number of methoxy groups -OCH3 is 1. The second-order valence-corrected chi connectivity index (χ2v) is 4.96. The van der Waals surface area contributed by atoms with Crippen molar-refractivity contribution in [3.63, 3.8) is 0 Å². The van der Waals surface area contributed by atoms with E-state index < -0.39 is 23.0 Å². The molecule has 1 aromatic rings. The van der Waals surface area contributed by atoms with Crippen molar-refractivity contribution in [2.45, 2.75) is 18.5 Å². The lowest BCUT2D eigenvalue weighted by Crippen LogP contribution is -2.47. The number of ether oxygens (including phenoxy) is 3. The first-order valence-electron chi connectivity index (χ1n) is 7.18. The standard InChI is InChI=1S/C15H18N2O7/c1-21-14(18)9-24-16-12(7-11-5-3-2-4-6-11)15(17(19)20)13-8-22-10-23-13/h2-6,8,12,15-16H,7,9-10H2,1H3. The van der Waals surface area contributed by atoms with Crippen LogP contribution in [0, 0.1) is 10.1 Å². The number of nitrogens with zero attached hydrogens (tertiary/aromatic N) is 1. The molecule has 0 aromatic heterocycles. The van der Waals surface area contributed by atoms with E-state index in [0.29, 0.717) is 0 Å². The maximum atomic E-state index is 11.5. The Morgan fingerprint density at radius 1 is 1.42 bits per heavy atom. The van der Waals surface area contributed by atoms with E-state index in [1.165, 1.54) is 13.4 Å². The molecule has 130 valence electrons. The van der Waals surface area contributed by atoms with Crippen molar-refractivity contribution in [1.82, 2.24) is 5.48 Å². The molecule has 1 heterocycles. The van der Waals surface area contributed by atoms with Crippen molar-refractivity contribution < 1.29 is 28.8 Å². The number of benzene rings is 1. The fourth-order valence-electron chi connectivity index (χ4n) is 2.21. The molecule has 0 aliphatic carbocycles. The maximum Gasteiger partial charge on any atom is 0.333 e. The number of hydrogen-bond acceptors (Lipinski definition) is 8. The van der Waals surface area contributed by atoms with Crippen molar-refractivity contribution in [2.24, 2.45) is 0 Å². The van der Waals surface area contributed by atoms with E-state index in [2.05, 4.69) is 10.2 Å². The van der Waals surface area contributed by atoms with Crippen molar-refractivity contribution in [3.05, 3.63) is 58.0 Å². The smallest absolute Gasteiger partial charge is 0.333 e. The molecule has 0 saturated carbocycles. The third kappa shape index (κ3) is 4.93. The number of nitrogens with one attached hydrogen (secondary N) is 1. The summed E-state index contributed by atoms with van der Waals surface area (Å²) in [5.74, 6) is -0.506. The van der Waals surface area contributed by atoms with Gasteiger partial charge < -0.3 is 14.2 Å². The molecule has 2 unspecified atom stereocenters. The molecule has 1 N–H and O–H groups in total. The summed E-state index contributed by atoms with van der Waals surface area (Å²) >= 11 is 0. The van der Waals surface area contributed by atoms with Gasteiger partial charge in [-0.1, -0.05) is 30.3 Å². The number of nitro groups is 1. The second-order valence-electron chi connectivity index (χ2n) is 4.96. The van der Waals surface area contributed by atoms with Gasteiger partial charge in [0.1, 0.15) is 12.3 Å². The Hall–Kier alpha value is -2.65. The van der Waals surface area contributed by atoms with Crippen LogP contribution in [0.4, 0.5) is 0 Å². The quantitative estimate of drug-likeness (QED) is 0.400. The largest absolute Gasteiger partial charge is 0.467 e. The Kier molecular flexibility index (Phi) is 6.52. The van der Waals surface area contributed by atoms with E-state index >= 15 is 0 Å². The van der Waals surface area contributed by atoms with Crippen molar-refractivity contribution in [3.8, 4) is 0 Å². The van der Waals surface area contributed by atoms with Gasteiger partial charge in [0.05, 0.1) is 7.11 Å². The van der Waals surface area contributed by atoms with E-state index in [4.69, 9.17) is 14.3 Å². The van der Waals surface area contributed by atoms with Crippen LogP contribution in [-0.2, 0) is 30.3 Å². The molecule has 24 heavy (non-hydrogen) atoms. The SMILES string of the molecule is COC(=O)CONC(Cc1ccccc1)C(C1=COCO1)[N+](=O)[O-]. The molecule has 0 radical (unpaired) electrons. The van der Waals surface area contributed by atoms with Crippen LogP contribution in [0.15, 0.2) is 42.4 Å². The summed E-state index contributed by atoms with van der Waals surface area (Å²) in [7, 11) is 1.22. The lowest BCUT2D eigenvalue weighted by Gasteiger charge is -2.21. The highest BCUT2D eigenvalue weighted by atomic mass is 16.7. The summed E-state index contributed by atoms with van der Waals surface area (Å²) in [4.78, 5) is 27.2. The Balaban J connectivity index is 2.12. The molecule has 0 amide bonds. The molecule has 1 aromatic carbocycles. The molecule has 2 atom stereocenters. The number of hydroxylamine groups is 1. The first-order valence-corrected chi connectivity index (χ1v) is 7.18. The van der Waals surface area contributed by atoms with Gasteiger partial charge in [-0.15, -0.1) is 0 Å². The Morgan fingerprint density at radius 2 is 2.17 bits per heavy atom. The van der Waals surface area contributed by atoms with Crippen LogP contribution in [0.3, 0.4) is 0 Å². The fourth-order valence-corrected chi connectivity index (χ4v) is 2.21. The highest BCUT2D eigenvalue weighted by Gasteiger charge is 2.39. The summed E-state index contributed by atoms with van der Waals surface area (Å²) in [6, 6.07) is 7.18. The highest BCUT2D eigenvalue weighted by Crippen LogP contribution is 2.20. The molecular formula is C15H18N2O7. The van der Waals surface area contributed by atoms with E-state index in [9.17, 15) is 14.9 Å². The molecule has 9 heteroatoms. The van der Waals surface area contributed by atoms with Crippen molar-refractivity contribution >= 4 is 5.97 Å². The molecule has 9 nitrogen and oxygen atoms in total. The van der Waals surface area contributed by atoms with Crippen LogP contribution in [0.5, 0.6) is 0 Å². The molecule has 0 saturated heterocycles. The second kappa shape index (κ2) is 8.85. The number of esters is 1. The Labute approximate surface area is 138 Å². The summed E-state index contributed by atoms with van der Waals surface area (Å²) in [5, 5.41) is 11.5. The summed E-state index contributed by atoms with van der Waals surface area (Å²) < 4.78 is 14.5. The van der Waals surface area contributed by atoms with Crippen molar-refractivity contribution in [1.29, 1.82) is 0 Å². The lowest BCUT2D eigenvalue weighted by molar-refractivity contribution is -0.523. The summed E-state index contributed by atoms with van der Waals surface area (Å²) in [5.41, 5.74) is 3.44. The van der Waals surface area contributed by atoms with Gasteiger partial charge >= 0.3 is 5.97 Å². The normalized spacial score (nSPS) is 15.6. The minimum Gasteiger partial charge on any atom is -0.467 e. The Bertz CT molecular complexity index is 591. The van der Waals surface area contributed by atoms with Crippen LogP contribution in [0.25, 0.3) is 0 Å². The zero-order valence-electron chi connectivity index (χ0n) is 13.0. The summed E-state index contributed by atoms with van der Waals surface area (Å²) in [6.45, 7) is -0.441. The molecule has 1 aliphatic heterocycles. The van der Waals surface area contributed by atoms with Crippen LogP contribution in [0.1, 0.15) is 5.56 Å². The molecule has 0 spiro atoms. The number of hydrogen-bond donors (Lipinski definition) is 1. The predicted molar refractivity (Wildman–Crippen MR) is 80.9 cm³/mol. The van der Waals surface area contributed by atoms with Crippen LogP contribution in [-0.4, -0.2) is 43.5 Å². The first-order chi connectivity index (χ1) is 11.6. The number of rotatable bonds is 9. The first kappa shape index (κ1) is 17.7. The topological polar surface area (TPSA) is 109 Å². The average molecular weight is 338 g/mol. The van der Waals surface area contributed by atoms with Gasteiger partial charge in [0.25, 0.3) is 6.04 Å².